The SMILES string of the molecule is Cn1nnc(Br)c1C1=C(C(=O)O)CCC1. The molecule has 0 aromatic carbocycles. The Labute approximate surface area is 94.9 Å². The van der Waals surface area contributed by atoms with Gasteiger partial charge < -0.3 is 5.11 Å². The molecule has 1 N–H and O–H groups in total. The van der Waals surface area contributed by atoms with Crippen LogP contribution in [0.3, 0.4) is 0 Å². The van der Waals surface area contributed by atoms with Crippen molar-refractivity contribution in [2.75, 3.05) is 0 Å². The fraction of sp³-hybridized carbons (Fsp3) is 0.444. The van der Waals surface area contributed by atoms with Crippen LogP contribution in [0.4, 0.5) is 0 Å². The van der Waals surface area contributed by atoms with Gasteiger partial charge in [-0.05, 0) is 40.8 Å². The Balaban J connectivity index is 2.55. The van der Waals surface area contributed by atoms with Crippen molar-refractivity contribution >= 4 is 27.5 Å². The number of allylic oxidation sites excluding steroid dienone is 1. The minimum absolute atomic E-state index is 0.487. The zero-order valence-corrected chi connectivity index (χ0v) is 9.78. The first-order valence-corrected chi connectivity index (χ1v) is 5.41. The Kier molecular flexibility index (Phi) is 2.60. The van der Waals surface area contributed by atoms with Crippen molar-refractivity contribution in [3.8, 4) is 0 Å². The number of halogens is 1. The van der Waals surface area contributed by atoms with Crippen LogP contribution in [-0.4, -0.2) is 26.1 Å². The molecule has 0 aliphatic heterocycles. The molecule has 0 bridgehead atoms. The van der Waals surface area contributed by atoms with Crippen LogP contribution in [0.25, 0.3) is 5.57 Å². The second-order valence-corrected chi connectivity index (χ2v) is 4.22. The van der Waals surface area contributed by atoms with E-state index in [2.05, 4.69) is 26.2 Å². The average molecular weight is 272 g/mol. The number of carboxylic acid groups (broad SMARTS) is 1. The largest absolute Gasteiger partial charge is 0.478 e. The molecule has 5 nitrogen and oxygen atoms in total. The van der Waals surface area contributed by atoms with Crippen LogP contribution >= 0.6 is 15.9 Å². The molecule has 1 aromatic rings. The molecule has 15 heavy (non-hydrogen) atoms. The first-order valence-electron chi connectivity index (χ1n) is 4.62. The van der Waals surface area contributed by atoms with E-state index in [1.54, 1.807) is 11.7 Å². The molecule has 0 radical (unpaired) electrons. The van der Waals surface area contributed by atoms with Crippen molar-refractivity contribution < 1.29 is 9.90 Å². The van der Waals surface area contributed by atoms with Crippen LogP contribution in [0.15, 0.2) is 10.2 Å². The highest BCUT2D eigenvalue weighted by molar-refractivity contribution is 9.10. The van der Waals surface area contributed by atoms with E-state index in [1.165, 1.54) is 0 Å². The van der Waals surface area contributed by atoms with E-state index in [0.29, 0.717) is 16.6 Å². The van der Waals surface area contributed by atoms with E-state index in [9.17, 15) is 4.79 Å². The predicted octanol–water partition coefficient (Wildman–Crippen LogP) is 1.60. The maximum atomic E-state index is 11.0. The second kappa shape index (κ2) is 3.77. The van der Waals surface area contributed by atoms with Crippen LogP contribution in [0, 0.1) is 0 Å². The summed E-state index contributed by atoms with van der Waals surface area (Å²) in [5.74, 6) is -0.837. The Morgan fingerprint density at radius 3 is 2.80 bits per heavy atom. The number of hydrogen-bond donors (Lipinski definition) is 1. The lowest BCUT2D eigenvalue weighted by atomic mass is 10.1. The van der Waals surface area contributed by atoms with Crippen molar-refractivity contribution in [2.45, 2.75) is 19.3 Å². The molecular formula is C9H10BrN3O2. The lowest BCUT2D eigenvalue weighted by Crippen LogP contribution is -2.03. The van der Waals surface area contributed by atoms with Crippen molar-refractivity contribution in [3.05, 3.63) is 15.9 Å². The number of hydrogen-bond acceptors (Lipinski definition) is 3. The maximum absolute atomic E-state index is 11.0. The zero-order valence-electron chi connectivity index (χ0n) is 8.20. The van der Waals surface area contributed by atoms with Gasteiger partial charge in [0.25, 0.3) is 0 Å². The number of aryl methyl sites for hydroxylation is 1. The van der Waals surface area contributed by atoms with Crippen molar-refractivity contribution in [2.24, 2.45) is 7.05 Å². The first kappa shape index (κ1) is 10.4. The summed E-state index contributed by atoms with van der Waals surface area (Å²) >= 11 is 3.28. The van der Waals surface area contributed by atoms with E-state index in [0.717, 1.165) is 24.1 Å². The van der Waals surface area contributed by atoms with E-state index < -0.39 is 5.97 Å². The smallest absolute Gasteiger partial charge is 0.331 e. The molecular weight excluding hydrogens is 262 g/mol. The summed E-state index contributed by atoms with van der Waals surface area (Å²) in [6, 6.07) is 0. The summed E-state index contributed by atoms with van der Waals surface area (Å²) in [4.78, 5) is 11.0. The normalized spacial score (nSPS) is 16.1. The van der Waals surface area contributed by atoms with Crippen molar-refractivity contribution in [1.82, 2.24) is 15.0 Å². The zero-order chi connectivity index (χ0) is 11.0. The Bertz CT molecular complexity index is 431. The average Bonchev–Trinajstić information content (AvgIpc) is 2.73. The third kappa shape index (κ3) is 1.69. The van der Waals surface area contributed by atoms with Gasteiger partial charge in [-0.3, -0.25) is 0 Å². The molecule has 2 rings (SSSR count). The van der Waals surface area contributed by atoms with Crippen LogP contribution in [0.2, 0.25) is 0 Å². The Morgan fingerprint density at radius 2 is 2.27 bits per heavy atom. The topological polar surface area (TPSA) is 68.0 Å². The summed E-state index contributed by atoms with van der Waals surface area (Å²) in [6.07, 6.45) is 2.29. The van der Waals surface area contributed by atoms with Gasteiger partial charge in [0.2, 0.25) is 0 Å². The molecule has 0 fully saturated rings. The van der Waals surface area contributed by atoms with E-state index in [-0.39, 0.29) is 0 Å². The molecule has 1 aliphatic carbocycles. The van der Waals surface area contributed by atoms with Crippen LogP contribution in [0.5, 0.6) is 0 Å². The predicted molar refractivity (Wildman–Crippen MR) is 57.1 cm³/mol. The monoisotopic (exact) mass is 271 g/mol. The van der Waals surface area contributed by atoms with Gasteiger partial charge in [-0.2, -0.15) is 0 Å². The van der Waals surface area contributed by atoms with Crippen LogP contribution in [-0.2, 0) is 11.8 Å². The molecule has 0 unspecified atom stereocenters. The van der Waals surface area contributed by atoms with Gasteiger partial charge in [0.15, 0.2) is 4.60 Å². The molecule has 1 aliphatic rings. The van der Waals surface area contributed by atoms with Gasteiger partial charge in [-0.25, -0.2) is 9.48 Å². The Morgan fingerprint density at radius 1 is 1.53 bits per heavy atom. The lowest BCUT2D eigenvalue weighted by Gasteiger charge is -2.04. The highest BCUT2D eigenvalue weighted by Gasteiger charge is 2.25. The number of carbonyl (C=O) groups is 1. The second-order valence-electron chi connectivity index (χ2n) is 3.47. The van der Waals surface area contributed by atoms with E-state index >= 15 is 0 Å². The summed E-state index contributed by atoms with van der Waals surface area (Å²) in [5.41, 5.74) is 2.12. The van der Waals surface area contributed by atoms with Gasteiger partial charge in [0.05, 0.1) is 5.69 Å². The molecule has 0 amide bonds. The van der Waals surface area contributed by atoms with Crippen molar-refractivity contribution in [3.63, 3.8) is 0 Å². The Hall–Kier alpha value is -1.17. The standard InChI is InChI=1S/C9H10BrN3O2/c1-13-7(8(10)11-12-13)5-3-2-4-6(5)9(14)15/h2-4H2,1H3,(H,14,15). The maximum Gasteiger partial charge on any atom is 0.331 e. The number of aliphatic carboxylic acids is 1. The highest BCUT2D eigenvalue weighted by Crippen LogP contribution is 2.36. The van der Waals surface area contributed by atoms with E-state index in [1.807, 2.05) is 0 Å². The fourth-order valence-electron chi connectivity index (χ4n) is 1.89. The van der Waals surface area contributed by atoms with Crippen LogP contribution < -0.4 is 0 Å². The summed E-state index contributed by atoms with van der Waals surface area (Å²) in [7, 11) is 1.76. The number of rotatable bonds is 2. The van der Waals surface area contributed by atoms with Gasteiger partial charge in [-0.1, -0.05) is 5.21 Å². The molecule has 0 saturated carbocycles. The molecule has 1 aromatic heterocycles. The highest BCUT2D eigenvalue weighted by atomic mass is 79.9. The summed E-state index contributed by atoms with van der Waals surface area (Å²) in [5, 5.41) is 16.7. The fourth-order valence-corrected chi connectivity index (χ4v) is 2.46. The van der Waals surface area contributed by atoms with Gasteiger partial charge in [-0.15, -0.1) is 5.10 Å². The van der Waals surface area contributed by atoms with E-state index in [4.69, 9.17) is 5.11 Å². The molecule has 0 saturated heterocycles. The molecule has 6 heteroatoms. The number of aromatic nitrogens is 3. The third-order valence-corrected chi connectivity index (χ3v) is 3.08. The van der Waals surface area contributed by atoms with Gasteiger partial charge >= 0.3 is 5.97 Å². The van der Waals surface area contributed by atoms with Gasteiger partial charge in [0, 0.05) is 12.6 Å². The third-order valence-electron chi connectivity index (χ3n) is 2.55. The molecule has 0 spiro atoms. The van der Waals surface area contributed by atoms with Gasteiger partial charge in [0.1, 0.15) is 0 Å². The molecule has 80 valence electrons. The van der Waals surface area contributed by atoms with Crippen LogP contribution in [0.1, 0.15) is 25.0 Å². The van der Waals surface area contributed by atoms with Crippen molar-refractivity contribution in [1.29, 1.82) is 0 Å². The quantitative estimate of drug-likeness (QED) is 0.887. The minimum Gasteiger partial charge on any atom is -0.478 e. The lowest BCUT2D eigenvalue weighted by molar-refractivity contribution is -0.132. The number of carboxylic acids is 1. The molecule has 1 heterocycles. The summed E-state index contributed by atoms with van der Waals surface area (Å²) < 4.78 is 2.22. The minimum atomic E-state index is -0.837. The summed E-state index contributed by atoms with van der Waals surface area (Å²) in [6.45, 7) is 0. The number of nitrogens with zero attached hydrogens (tertiary/aromatic N) is 3. The molecule has 0 atom stereocenters. The first-order chi connectivity index (χ1) is 7.11.